The molecular weight excluding hydrogens is 249 g/mol. The summed E-state index contributed by atoms with van der Waals surface area (Å²) in [5.74, 6) is -0.526. The summed E-state index contributed by atoms with van der Waals surface area (Å²) in [6.07, 6.45) is 0. The summed E-state index contributed by atoms with van der Waals surface area (Å²) in [7, 11) is 0. The molecule has 2 aromatic carbocycles. The standard InChI is InChI=1S/C14H12FNOS/c1-9-7-11(5-6-13(9)15)16-14(17)10-3-2-4-12(18)8-10/h2-8,18H,1H3,(H,16,17). The molecule has 0 heterocycles. The van der Waals surface area contributed by atoms with Gasteiger partial charge in [0.05, 0.1) is 0 Å². The van der Waals surface area contributed by atoms with Crippen molar-refractivity contribution in [2.45, 2.75) is 11.8 Å². The Morgan fingerprint density at radius 3 is 2.67 bits per heavy atom. The second-order valence-corrected chi connectivity index (χ2v) is 4.48. The predicted octanol–water partition coefficient (Wildman–Crippen LogP) is 3.68. The molecule has 0 atom stereocenters. The van der Waals surface area contributed by atoms with Crippen LogP contribution < -0.4 is 5.32 Å². The van der Waals surface area contributed by atoms with Gasteiger partial charge in [0.25, 0.3) is 5.91 Å². The van der Waals surface area contributed by atoms with E-state index in [0.717, 1.165) is 4.90 Å². The minimum atomic E-state index is -0.287. The van der Waals surface area contributed by atoms with Crippen molar-refractivity contribution in [2.75, 3.05) is 5.32 Å². The average molecular weight is 261 g/mol. The Balaban J connectivity index is 2.18. The Labute approximate surface area is 110 Å². The SMILES string of the molecule is Cc1cc(NC(=O)c2cccc(S)c2)ccc1F. The van der Waals surface area contributed by atoms with E-state index in [1.807, 2.05) is 0 Å². The van der Waals surface area contributed by atoms with Crippen molar-refractivity contribution >= 4 is 24.2 Å². The summed E-state index contributed by atoms with van der Waals surface area (Å²) in [6.45, 7) is 1.65. The fraction of sp³-hybridized carbons (Fsp3) is 0.0714. The van der Waals surface area contributed by atoms with Crippen LogP contribution >= 0.6 is 12.6 Å². The number of hydrogen-bond acceptors (Lipinski definition) is 2. The summed E-state index contributed by atoms with van der Waals surface area (Å²) < 4.78 is 13.1. The lowest BCUT2D eigenvalue weighted by Gasteiger charge is -2.07. The number of carbonyl (C=O) groups excluding carboxylic acids is 1. The van der Waals surface area contributed by atoms with Crippen LogP contribution in [0.2, 0.25) is 0 Å². The third kappa shape index (κ3) is 2.90. The monoisotopic (exact) mass is 261 g/mol. The zero-order valence-electron chi connectivity index (χ0n) is 9.77. The lowest BCUT2D eigenvalue weighted by Crippen LogP contribution is -2.12. The molecule has 0 aliphatic heterocycles. The molecule has 0 bridgehead atoms. The van der Waals surface area contributed by atoms with E-state index in [2.05, 4.69) is 17.9 Å². The summed E-state index contributed by atoms with van der Waals surface area (Å²) in [6, 6.07) is 11.4. The first kappa shape index (κ1) is 12.6. The molecule has 18 heavy (non-hydrogen) atoms. The molecule has 0 aliphatic rings. The van der Waals surface area contributed by atoms with Crippen molar-refractivity contribution in [3.63, 3.8) is 0 Å². The predicted molar refractivity (Wildman–Crippen MR) is 72.8 cm³/mol. The van der Waals surface area contributed by atoms with E-state index in [1.54, 1.807) is 37.3 Å². The topological polar surface area (TPSA) is 29.1 Å². The van der Waals surface area contributed by atoms with E-state index >= 15 is 0 Å². The molecule has 4 heteroatoms. The molecule has 1 N–H and O–H groups in total. The smallest absolute Gasteiger partial charge is 0.255 e. The number of amides is 1. The molecule has 0 aromatic heterocycles. The van der Waals surface area contributed by atoms with E-state index in [1.165, 1.54) is 12.1 Å². The van der Waals surface area contributed by atoms with Crippen LogP contribution in [0.25, 0.3) is 0 Å². The number of anilines is 1. The molecule has 0 radical (unpaired) electrons. The van der Waals surface area contributed by atoms with Crippen molar-refractivity contribution in [1.82, 2.24) is 0 Å². The van der Waals surface area contributed by atoms with Crippen molar-refractivity contribution in [3.8, 4) is 0 Å². The van der Waals surface area contributed by atoms with Crippen molar-refractivity contribution < 1.29 is 9.18 Å². The number of nitrogens with one attached hydrogen (secondary N) is 1. The number of halogens is 1. The van der Waals surface area contributed by atoms with Crippen LogP contribution in [0.15, 0.2) is 47.4 Å². The van der Waals surface area contributed by atoms with Gasteiger partial charge in [0, 0.05) is 16.1 Å². The van der Waals surface area contributed by atoms with Gasteiger partial charge in [-0.3, -0.25) is 4.79 Å². The maximum absolute atomic E-state index is 13.1. The number of benzene rings is 2. The normalized spacial score (nSPS) is 10.2. The maximum Gasteiger partial charge on any atom is 0.255 e. The summed E-state index contributed by atoms with van der Waals surface area (Å²) >= 11 is 4.18. The Morgan fingerprint density at radius 1 is 1.22 bits per heavy atom. The van der Waals surface area contributed by atoms with Crippen LogP contribution in [-0.2, 0) is 0 Å². The summed E-state index contributed by atoms with van der Waals surface area (Å²) in [5, 5.41) is 2.71. The van der Waals surface area contributed by atoms with E-state index < -0.39 is 0 Å². The van der Waals surface area contributed by atoms with Gasteiger partial charge in [-0.15, -0.1) is 12.6 Å². The Bertz CT molecular complexity index is 598. The molecule has 2 aromatic rings. The molecule has 0 saturated heterocycles. The Kier molecular flexibility index (Phi) is 3.67. The molecule has 0 fully saturated rings. The minimum Gasteiger partial charge on any atom is -0.322 e. The second-order valence-electron chi connectivity index (χ2n) is 3.97. The molecule has 92 valence electrons. The molecule has 1 amide bonds. The van der Waals surface area contributed by atoms with Crippen LogP contribution in [0.4, 0.5) is 10.1 Å². The minimum absolute atomic E-state index is 0.239. The molecule has 0 unspecified atom stereocenters. The quantitative estimate of drug-likeness (QED) is 0.793. The van der Waals surface area contributed by atoms with Gasteiger partial charge >= 0.3 is 0 Å². The molecule has 0 aliphatic carbocycles. The fourth-order valence-corrected chi connectivity index (χ4v) is 1.80. The van der Waals surface area contributed by atoms with Gasteiger partial charge in [0.2, 0.25) is 0 Å². The maximum atomic E-state index is 13.1. The third-order valence-corrected chi connectivity index (χ3v) is 2.80. The van der Waals surface area contributed by atoms with Gasteiger partial charge in [-0.25, -0.2) is 4.39 Å². The van der Waals surface area contributed by atoms with Crippen molar-refractivity contribution in [1.29, 1.82) is 0 Å². The zero-order chi connectivity index (χ0) is 13.1. The molecule has 2 nitrogen and oxygen atoms in total. The van der Waals surface area contributed by atoms with E-state index in [0.29, 0.717) is 16.8 Å². The fourth-order valence-electron chi connectivity index (χ4n) is 1.57. The van der Waals surface area contributed by atoms with Crippen molar-refractivity contribution in [2.24, 2.45) is 0 Å². The van der Waals surface area contributed by atoms with Crippen molar-refractivity contribution in [3.05, 3.63) is 59.4 Å². The molecule has 0 spiro atoms. The lowest BCUT2D eigenvalue weighted by molar-refractivity contribution is 0.102. The zero-order valence-corrected chi connectivity index (χ0v) is 10.7. The number of hydrogen-bond donors (Lipinski definition) is 2. The lowest BCUT2D eigenvalue weighted by atomic mass is 10.2. The van der Waals surface area contributed by atoms with Gasteiger partial charge in [-0.2, -0.15) is 0 Å². The molecule has 0 saturated carbocycles. The third-order valence-electron chi connectivity index (χ3n) is 2.52. The summed E-state index contributed by atoms with van der Waals surface area (Å²) in [5.41, 5.74) is 1.59. The largest absolute Gasteiger partial charge is 0.322 e. The van der Waals surface area contributed by atoms with Gasteiger partial charge in [0.15, 0.2) is 0 Å². The van der Waals surface area contributed by atoms with E-state index in [-0.39, 0.29) is 11.7 Å². The van der Waals surface area contributed by atoms with Gasteiger partial charge in [-0.1, -0.05) is 6.07 Å². The molecule has 2 rings (SSSR count). The highest BCUT2D eigenvalue weighted by atomic mass is 32.1. The van der Waals surface area contributed by atoms with E-state index in [4.69, 9.17) is 0 Å². The van der Waals surface area contributed by atoms with Crippen LogP contribution in [0.3, 0.4) is 0 Å². The van der Waals surface area contributed by atoms with E-state index in [9.17, 15) is 9.18 Å². The average Bonchev–Trinajstić information content (AvgIpc) is 2.34. The Hall–Kier alpha value is -1.81. The number of carbonyl (C=O) groups is 1. The van der Waals surface area contributed by atoms with Crippen LogP contribution in [0.1, 0.15) is 15.9 Å². The van der Waals surface area contributed by atoms with Crippen LogP contribution in [-0.4, -0.2) is 5.91 Å². The highest BCUT2D eigenvalue weighted by molar-refractivity contribution is 7.80. The first-order valence-corrected chi connectivity index (χ1v) is 5.87. The first-order valence-electron chi connectivity index (χ1n) is 5.43. The van der Waals surface area contributed by atoms with Gasteiger partial charge < -0.3 is 5.32 Å². The number of aryl methyl sites for hydroxylation is 1. The first-order chi connectivity index (χ1) is 8.56. The Morgan fingerprint density at radius 2 is 2.00 bits per heavy atom. The van der Waals surface area contributed by atoms with Gasteiger partial charge in [-0.05, 0) is 48.9 Å². The van der Waals surface area contributed by atoms with Gasteiger partial charge in [0.1, 0.15) is 5.82 Å². The van der Waals surface area contributed by atoms with Crippen LogP contribution in [0, 0.1) is 12.7 Å². The number of thiol groups is 1. The highest BCUT2D eigenvalue weighted by Gasteiger charge is 2.07. The highest BCUT2D eigenvalue weighted by Crippen LogP contribution is 2.15. The second kappa shape index (κ2) is 5.23. The summed E-state index contributed by atoms with van der Waals surface area (Å²) in [4.78, 5) is 12.6. The molecular formula is C14H12FNOS. The van der Waals surface area contributed by atoms with Crippen LogP contribution in [0.5, 0.6) is 0 Å². The number of rotatable bonds is 2.